The summed E-state index contributed by atoms with van der Waals surface area (Å²) in [5.74, 6) is -0.873. The Bertz CT molecular complexity index is 358. The molecule has 1 aromatic rings. The Morgan fingerprint density at radius 3 is 2.50 bits per heavy atom. The standard InChI is InChI=1S/C7H4ClF3O2S/c1-13-6(12)3-2-4(7(9,10)11)14-5(3)8/h2H,1H3. The van der Waals surface area contributed by atoms with Crippen molar-refractivity contribution in [2.24, 2.45) is 0 Å². The van der Waals surface area contributed by atoms with Gasteiger partial charge in [0.2, 0.25) is 0 Å². The molecule has 0 aromatic carbocycles. The highest BCUT2D eigenvalue weighted by atomic mass is 35.5. The van der Waals surface area contributed by atoms with Crippen LogP contribution in [0.3, 0.4) is 0 Å². The summed E-state index contributed by atoms with van der Waals surface area (Å²) in [5.41, 5.74) is -0.258. The molecule has 0 fully saturated rings. The van der Waals surface area contributed by atoms with Gasteiger partial charge in [-0.05, 0) is 6.07 Å². The van der Waals surface area contributed by atoms with Crippen LogP contribution >= 0.6 is 22.9 Å². The van der Waals surface area contributed by atoms with Gasteiger partial charge in [0.15, 0.2) is 0 Å². The first-order valence-electron chi connectivity index (χ1n) is 3.31. The Kier molecular flexibility index (Phi) is 3.06. The molecule has 0 unspecified atom stereocenters. The summed E-state index contributed by atoms with van der Waals surface area (Å²) in [6, 6.07) is 0.679. The minimum Gasteiger partial charge on any atom is -0.465 e. The van der Waals surface area contributed by atoms with Gasteiger partial charge >= 0.3 is 12.1 Å². The monoisotopic (exact) mass is 244 g/mol. The molecule has 14 heavy (non-hydrogen) atoms. The van der Waals surface area contributed by atoms with Crippen molar-refractivity contribution in [2.75, 3.05) is 7.11 Å². The van der Waals surface area contributed by atoms with Gasteiger partial charge in [0.1, 0.15) is 9.21 Å². The van der Waals surface area contributed by atoms with Crippen LogP contribution in [0.4, 0.5) is 13.2 Å². The predicted molar refractivity (Wildman–Crippen MR) is 45.7 cm³/mol. The van der Waals surface area contributed by atoms with Gasteiger partial charge in [0, 0.05) is 0 Å². The average molecular weight is 245 g/mol. The topological polar surface area (TPSA) is 26.3 Å². The van der Waals surface area contributed by atoms with E-state index in [-0.39, 0.29) is 9.90 Å². The van der Waals surface area contributed by atoms with Gasteiger partial charge in [-0.1, -0.05) is 11.6 Å². The largest absolute Gasteiger partial charge is 0.465 e. The van der Waals surface area contributed by atoms with Gasteiger partial charge < -0.3 is 4.74 Å². The molecule has 0 amide bonds. The smallest absolute Gasteiger partial charge is 0.425 e. The van der Waals surface area contributed by atoms with Crippen LogP contribution in [0.15, 0.2) is 6.07 Å². The lowest BCUT2D eigenvalue weighted by molar-refractivity contribution is -0.134. The van der Waals surface area contributed by atoms with E-state index in [1.54, 1.807) is 0 Å². The lowest BCUT2D eigenvalue weighted by Crippen LogP contribution is -2.03. The maximum Gasteiger partial charge on any atom is 0.425 e. The van der Waals surface area contributed by atoms with Crippen molar-refractivity contribution in [3.05, 3.63) is 20.8 Å². The summed E-state index contributed by atoms with van der Waals surface area (Å²) in [4.78, 5) is 9.99. The highest BCUT2D eigenvalue weighted by Gasteiger charge is 2.34. The fraction of sp³-hybridized carbons (Fsp3) is 0.286. The quantitative estimate of drug-likeness (QED) is 0.709. The summed E-state index contributed by atoms with van der Waals surface area (Å²) in [5, 5.41) is 0. The number of alkyl halides is 3. The van der Waals surface area contributed by atoms with Crippen LogP contribution in [-0.2, 0) is 10.9 Å². The van der Waals surface area contributed by atoms with E-state index in [1.807, 2.05) is 0 Å². The van der Waals surface area contributed by atoms with Crippen molar-refractivity contribution < 1.29 is 22.7 Å². The minimum atomic E-state index is -4.49. The number of hydrogen-bond donors (Lipinski definition) is 0. The van der Waals surface area contributed by atoms with Gasteiger partial charge in [0.25, 0.3) is 0 Å². The Labute approximate surface area is 86.2 Å². The van der Waals surface area contributed by atoms with Gasteiger partial charge in [-0.25, -0.2) is 4.79 Å². The van der Waals surface area contributed by atoms with Gasteiger partial charge in [0.05, 0.1) is 12.7 Å². The third kappa shape index (κ3) is 2.19. The summed E-state index contributed by atoms with van der Waals surface area (Å²) in [6.07, 6.45) is -4.49. The number of thiophene rings is 1. The molecule has 0 aliphatic rings. The summed E-state index contributed by atoms with van der Waals surface area (Å²) >= 11 is 5.75. The van der Waals surface area contributed by atoms with Crippen LogP contribution in [0.1, 0.15) is 15.2 Å². The Morgan fingerprint density at radius 2 is 2.14 bits per heavy atom. The molecule has 0 N–H and O–H groups in total. The van der Waals surface area contributed by atoms with Crippen molar-refractivity contribution in [1.82, 2.24) is 0 Å². The zero-order valence-corrected chi connectivity index (χ0v) is 8.39. The highest BCUT2D eigenvalue weighted by molar-refractivity contribution is 7.16. The van der Waals surface area contributed by atoms with Gasteiger partial charge in [-0.2, -0.15) is 13.2 Å². The number of esters is 1. The van der Waals surface area contributed by atoms with E-state index >= 15 is 0 Å². The SMILES string of the molecule is COC(=O)c1cc(C(F)(F)F)sc1Cl. The van der Waals surface area contributed by atoms with E-state index in [9.17, 15) is 18.0 Å². The van der Waals surface area contributed by atoms with Crippen LogP contribution in [0.25, 0.3) is 0 Å². The molecule has 1 rings (SSSR count). The predicted octanol–water partition coefficient (Wildman–Crippen LogP) is 3.21. The zero-order valence-electron chi connectivity index (χ0n) is 6.81. The van der Waals surface area contributed by atoms with Crippen molar-refractivity contribution in [3.8, 4) is 0 Å². The van der Waals surface area contributed by atoms with Crippen LogP contribution < -0.4 is 0 Å². The number of hydrogen-bond acceptors (Lipinski definition) is 3. The molecule has 1 aromatic heterocycles. The van der Waals surface area contributed by atoms with Gasteiger partial charge in [-0.3, -0.25) is 0 Å². The molecule has 0 bridgehead atoms. The second-order valence-electron chi connectivity index (χ2n) is 2.29. The number of ether oxygens (including phenoxy) is 1. The van der Waals surface area contributed by atoms with E-state index < -0.39 is 17.0 Å². The summed E-state index contributed by atoms with van der Waals surface area (Å²) < 4.78 is 40.5. The molecule has 0 saturated carbocycles. The van der Waals surface area contributed by atoms with E-state index in [0.717, 1.165) is 7.11 Å². The number of carbonyl (C=O) groups is 1. The van der Waals surface area contributed by atoms with Crippen molar-refractivity contribution >= 4 is 28.9 Å². The fourth-order valence-corrected chi connectivity index (χ4v) is 1.88. The van der Waals surface area contributed by atoms with E-state index in [2.05, 4.69) is 4.74 Å². The highest BCUT2D eigenvalue weighted by Crippen LogP contribution is 2.39. The Hall–Kier alpha value is -0.750. The maximum atomic E-state index is 12.1. The van der Waals surface area contributed by atoms with Crippen LogP contribution in [0.2, 0.25) is 4.34 Å². The van der Waals surface area contributed by atoms with Crippen molar-refractivity contribution in [3.63, 3.8) is 0 Å². The number of carbonyl (C=O) groups excluding carboxylic acids is 1. The molecule has 7 heteroatoms. The van der Waals surface area contributed by atoms with Crippen molar-refractivity contribution in [2.45, 2.75) is 6.18 Å². The molecule has 0 atom stereocenters. The molecular formula is C7H4ClF3O2S. The Balaban J connectivity index is 3.12. The molecule has 78 valence electrons. The fourth-order valence-electron chi connectivity index (χ4n) is 0.758. The number of methoxy groups -OCH3 is 1. The van der Waals surface area contributed by atoms with E-state index in [1.165, 1.54) is 0 Å². The molecule has 1 heterocycles. The molecular weight excluding hydrogens is 241 g/mol. The lowest BCUT2D eigenvalue weighted by atomic mass is 10.3. The van der Waals surface area contributed by atoms with Crippen LogP contribution in [0, 0.1) is 0 Å². The molecule has 2 nitrogen and oxygen atoms in total. The van der Waals surface area contributed by atoms with E-state index in [0.29, 0.717) is 17.4 Å². The molecule has 0 saturated heterocycles. The molecule has 0 aliphatic heterocycles. The Morgan fingerprint density at radius 1 is 1.57 bits per heavy atom. The second kappa shape index (κ2) is 3.78. The molecule has 0 aliphatic carbocycles. The average Bonchev–Trinajstić information content (AvgIpc) is 2.45. The first kappa shape index (κ1) is 11.3. The van der Waals surface area contributed by atoms with E-state index in [4.69, 9.17) is 11.6 Å². The molecule has 0 spiro atoms. The van der Waals surface area contributed by atoms with Gasteiger partial charge in [-0.15, -0.1) is 11.3 Å². The maximum absolute atomic E-state index is 12.1. The summed E-state index contributed by atoms with van der Waals surface area (Å²) in [7, 11) is 1.07. The third-order valence-electron chi connectivity index (χ3n) is 1.37. The summed E-state index contributed by atoms with van der Waals surface area (Å²) in [6.45, 7) is 0. The third-order valence-corrected chi connectivity index (χ3v) is 2.77. The first-order chi connectivity index (χ1) is 6.36. The zero-order chi connectivity index (χ0) is 10.9. The molecule has 0 radical (unpaired) electrons. The van der Waals surface area contributed by atoms with Crippen LogP contribution in [0.5, 0.6) is 0 Å². The lowest BCUT2D eigenvalue weighted by Gasteiger charge is -2.00. The van der Waals surface area contributed by atoms with Crippen molar-refractivity contribution in [1.29, 1.82) is 0 Å². The van der Waals surface area contributed by atoms with Crippen LogP contribution in [-0.4, -0.2) is 13.1 Å². The minimum absolute atomic E-state index is 0.218. The first-order valence-corrected chi connectivity index (χ1v) is 4.50. The normalized spacial score (nSPS) is 11.5. The second-order valence-corrected chi connectivity index (χ2v) is 3.94. The number of halogens is 4. The number of rotatable bonds is 1.